The van der Waals surface area contributed by atoms with Gasteiger partial charge in [-0.1, -0.05) is 0 Å². The van der Waals surface area contributed by atoms with Gasteiger partial charge in [-0.05, 0) is 12.1 Å². The average Bonchev–Trinajstić information content (AvgIpc) is 2.80. The van der Waals surface area contributed by atoms with E-state index in [2.05, 4.69) is 9.98 Å². The van der Waals surface area contributed by atoms with Crippen molar-refractivity contribution in [1.82, 2.24) is 10.3 Å². The molecule has 0 bridgehead atoms. The number of aliphatic hydroxyl groups is 6. The predicted octanol–water partition coefficient (Wildman–Crippen LogP) is -4.63. The van der Waals surface area contributed by atoms with Crippen LogP contribution in [0, 0.1) is 0 Å². The van der Waals surface area contributed by atoms with E-state index in [0.717, 1.165) is 12.1 Å². The molecule has 15 heteroatoms. The van der Waals surface area contributed by atoms with E-state index in [9.17, 15) is 50.1 Å². The zero-order valence-corrected chi connectivity index (χ0v) is 17.8. The van der Waals surface area contributed by atoms with Crippen LogP contribution in [0.3, 0.4) is 0 Å². The molecule has 2 amide bonds. The van der Waals surface area contributed by atoms with Gasteiger partial charge in [-0.25, -0.2) is 4.99 Å². The summed E-state index contributed by atoms with van der Waals surface area (Å²) in [6, 6.07) is 0.989. The molecule has 0 spiro atoms. The Balaban J connectivity index is 1.71. The van der Waals surface area contributed by atoms with Crippen LogP contribution < -0.4 is 10.9 Å². The molecule has 4 rings (SSSR count). The van der Waals surface area contributed by atoms with Crippen LogP contribution in [-0.2, 0) is 19.1 Å². The molecule has 190 valence electrons. The molecule has 4 heterocycles. The highest BCUT2D eigenvalue weighted by Gasteiger charge is 2.43. The Kier molecular flexibility index (Phi) is 6.85. The summed E-state index contributed by atoms with van der Waals surface area (Å²) in [6.07, 6.45) is -11.2. The van der Waals surface area contributed by atoms with Crippen LogP contribution in [-0.4, -0.2) is 114 Å². The molecule has 15 nitrogen and oxygen atoms in total. The first-order chi connectivity index (χ1) is 16.5. The van der Waals surface area contributed by atoms with Gasteiger partial charge in [0.15, 0.2) is 5.88 Å². The van der Waals surface area contributed by atoms with Crippen molar-refractivity contribution in [1.29, 1.82) is 0 Å². The number of aliphatic hydroxyl groups excluding tert-OH is 6. The van der Waals surface area contributed by atoms with E-state index in [4.69, 9.17) is 9.47 Å². The lowest BCUT2D eigenvalue weighted by Crippen LogP contribution is -2.56. The Hall–Kier alpha value is -3.02. The number of hydrogen-bond donors (Lipinski definition) is 9. The number of hydrogen-bond acceptors (Lipinski definition) is 13. The van der Waals surface area contributed by atoms with Crippen molar-refractivity contribution in [2.45, 2.75) is 48.8 Å². The summed E-state index contributed by atoms with van der Waals surface area (Å²) in [4.78, 5) is 43.0. The molecule has 0 radical (unpaired) electrons. The number of carbonyl (C=O) groups is 2. The molecular formula is C20H23N3O12. The standard InChI is InChI=1S/C20H23N3O12/c24-9-3-34-15(13(28)11(9)26)5-1-7(19(32)22-17(5)30)21-8-2-6(18(31)23-20(8)33)16-14(29)12(27)10(25)4-35-16/h1-2,9-16,24-29H,3-4H2,(H,22,30,32)(H2,23,31,33)/t9-,10-,11-,12-,13-,14-,15+,16+/m1/s1. The van der Waals surface area contributed by atoms with Gasteiger partial charge in [0.2, 0.25) is 0 Å². The molecule has 9 N–H and O–H groups in total. The molecule has 3 aliphatic heterocycles. The molecule has 1 aromatic rings. The van der Waals surface area contributed by atoms with Crippen molar-refractivity contribution in [3.8, 4) is 5.88 Å². The molecule has 2 fully saturated rings. The summed E-state index contributed by atoms with van der Waals surface area (Å²) < 4.78 is 10.5. The number of carbonyl (C=O) groups excluding carboxylic acids is 2. The normalized spacial score (nSPS) is 37.2. The summed E-state index contributed by atoms with van der Waals surface area (Å²) >= 11 is 0. The van der Waals surface area contributed by atoms with Crippen LogP contribution >= 0.6 is 0 Å². The van der Waals surface area contributed by atoms with Gasteiger partial charge < -0.3 is 45.2 Å². The van der Waals surface area contributed by atoms with Gasteiger partial charge in [0.05, 0.1) is 18.8 Å². The fourth-order valence-corrected chi connectivity index (χ4v) is 3.93. The molecule has 3 aliphatic rings. The van der Waals surface area contributed by atoms with Crippen molar-refractivity contribution in [2.75, 3.05) is 13.2 Å². The van der Waals surface area contributed by atoms with E-state index in [1.165, 1.54) is 0 Å². The number of H-pyrrole nitrogens is 1. The van der Waals surface area contributed by atoms with Gasteiger partial charge in [-0.3, -0.25) is 24.7 Å². The molecule has 2 saturated heterocycles. The van der Waals surface area contributed by atoms with Crippen molar-refractivity contribution in [3.05, 3.63) is 33.6 Å². The van der Waals surface area contributed by atoms with Gasteiger partial charge in [-0.2, -0.15) is 0 Å². The van der Waals surface area contributed by atoms with E-state index >= 15 is 0 Å². The summed E-state index contributed by atoms with van der Waals surface area (Å²) in [7, 11) is 0. The summed E-state index contributed by atoms with van der Waals surface area (Å²) in [5.74, 6) is -2.67. The lowest BCUT2D eigenvalue weighted by Gasteiger charge is -2.36. The maximum atomic E-state index is 12.4. The number of aliphatic imine (C=N–C) groups is 1. The van der Waals surface area contributed by atoms with E-state index in [1.54, 1.807) is 0 Å². The molecular weight excluding hydrogens is 474 g/mol. The third kappa shape index (κ3) is 4.63. The third-order valence-electron chi connectivity index (χ3n) is 5.90. The largest absolute Gasteiger partial charge is 0.494 e. The lowest BCUT2D eigenvalue weighted by molar-refractivity contribution is -0.189. The van der Waals surface area contributed by atoms with Crippen molar-refractivity contribution in [2.24, 2.45) is 4.99 Å². The van der Waals surface area contributed by atoms with Crippen LogP contribution in [0.1, 0.15) is 11.7 Å². The smallest absolute Gasteiger partial charge is 0.276 e. The number of nitrogens with one attached hydrogen (secondary N) is 2. The maximum Gasteiger partial charge on any atom is 0.276 e. The minimum Gasteiger partial charge on any atom is -0.494 e. The summed E-state index contributed by atoms with van der Waals surface area (Å²) in [5, 5.41) is 71.6. The highest BCUT2D eigenvalue weighted by atomic mass is 16.5. The number of rotatable bonds is 3. The SMILES string of the molecule is O=C1NC(=O)C(=Nc2cc([C@@H]3OC[C@@H](O)[C@@H](O)[C@H]3O)c(O)[nH]c2=O)C=C1[C@@H]1OC[C@@H](O)[C@@H](O)[C@H]1O. The van der Waals surface area contributed by atoms with Gasteiger partial charge >= 0.3 is 0 Å². The second kappa shape index (κ2) is 9.56. The minimum atomic E-state index is -1.71. The first-order valence-electron chi connectivity index (χ1n) is 10.4. The quantitative estimate of drug-likeness (QED) is 0.179. The molecule has 1 aromatic heterocycles. The van der Waals surface area contributed by atoms with Crippen molar-refractivity contribution in [3.63, 3.8) is 0 Å². The fourth-order valence-electron chi connectivity index (χ4n) is 3.93. The van der Waals surface area contributed by atoms with Crippen molar-refractivity contribution < 1.29 is 54.8 Å². The lowest BCUT2D eigenvalue weighted by atomic mass is 9.92. The summed E-state index contributed by atoms with van der Waals surface area (Å²) in [6.45, 7) is -0.786. The first-order valence-corrected chi connectivity index (χ1v) is 10.4. The zero-order valence-electron chi connectivity index (χ0n) is 17.8. The number of imide groups is 1. The summed E-state index contributed by atoms with van der Waals surface area (Å²) in [5.41, 5.74) is -2.40. The zero-order chi connectivity index (χ0) is 25.6. The van der Waals surface area contributed by atoms with Crippen LogP contribution in [0.5, 0.6) is 5.88 Å². The van der Waals surface area contributed by atoms with Gasteiger partial charge in [-0.15, -0.1) is 0 Å². The highest BCUT2D eigenvalue weighted by molar-refractivity contribution is 6.49. The minimum absolute atomic E-state index is 0.206. The Morgan fingerprint density at radius 1 is 0.829 bits per heavy atom. The number of aromatic amines is 1. The van der Waals surface area contributed by atoms with Crippen LogP contribution in [0.2, 0.25) is 0 Å². The highest BCUT2D eigenvalue weighted by Crippen LogP contribution is 2.34. The number of nitrogens with zero attached hydrogens (tertiary/aromatic N) is 1. The topological polar surface area (TPSA) is 251 Å². The van der Waals surface area contributed by atoms with E-state index < -0.39 is 90.1 Å². The Morgan fingerprint density at radius 3 is 2.03 bits per heavy atom. The van der Waals surface area contributed by atoms with E-state index in [-0.39, 0.29) is 17.7 Å². The molecule has 0 saturated carbocycles. The van der Waals surface area contributed by atoms with E-state index in [0.29, 0.717) is 0 Å². The maximum absolute atomic E-state index is 12.4. The molecule has 0 aromatic carbocycles. The van der Waals surface area contributed by atoms with Gasteiger partial charge in [0, 0.05) is 5.56 Å². The average molecular weight is 497 g/mol. The van der Waals surface area contributed by atoms with Crippen LogP contribution in [0.15, 0.2) is 27.5 Å². The third-order valence-corrected chi connectivity index (χ3v) is 5.90. The monoisotopic (exact) mass is 497 g/mol. The Bertz CT molecular complexity index is 1150. The number of pyridine rings is 1. The molecule has 8 atom stereocenters. The number of aromatic hydroxyl groups is 1. The Labute approximate surface area is 195 Å². The van der Waals surface area contributed by atoms with Crippen LogP contribution in [0.4, 0.5) is 5.69 Å². The first kappa shape index (κ1) is 25.1. The van der Waals surface area contributed by atoms with E-state index in [1.807, 2.05) is 5.32 Å². The van der Waals surface area contributed by atoms with Gasteiger partial charge in [0.25, 0.3) is 17.4 Å². The fraction of sp³-hybridized carbons (Fsp3) is 0.500. The second-order valence-electron chi connectivity index (χ2n) is 8.27. The van der Waals surface area contributed by atoms with Crippen molar-refractivity contribution >= 4 is 23.2 Å². The predicted molar refractivity (Wildman–Crippen MR) is 112 cm³/mol. The molecule has 35 heavy (non-hydrogen) atoms. The number of amides is 2. The Morgan fingerprint density at radius 2 is 1.40 bits per heavy atom. The molecule has 0 unspecified atom stereocenters. The molecule has 0 aliphatic carbocycles. The second-order valence-corrected chi connectivity index (χ2v) is 8.27. The number of ether oxygens (including phenoxy) is 2. The van der Waals surface area contributed by atoms with Gasteiger partial charge in [0.1, 0.15) is 60.2 Å². The number of aromatic nitrogens is 1. The van der Waals surface area contributed by atoms with Crippen LogP contribution in [0.25, 0.3) is 0 Å².